The second kappa shape index (κ2) is 15.1. The summed E-state index contributed by atoms with van der Waals surface area (Å²) in [4.78, 5) is 4.95. The van der Waals surface area contributed by atoms with Gasteiger partial charge in [0.2, 0.25) is 0 Å². The van der Waals surface area contributed by atoms with Gasteiger partial charge in [0.1, 0.15) is 0 Å². The van der Waals surface area contributed by atoms with Crippen molar-refractivity contribution in [1.82, 2.24) is 4.57 Å². The van der Waals surface area contributed by atoms with Crippen molar-refractivity contribution in [3.8, 4) is 27.9 Å². The summed E-state index contributed by atoms with van der Waals surface area (Å²) in [6.45, 7) is 0. The largest absolute Gasteiger partial charge is 0.310 e. The van der Waals surface area contributed by atoms with Crippen LogP contribution in [0.4, 0.5) is 34.1 Å². The van der Waals surface area contributed by atoms with Crippen LogP contribution in [0.1, 0.15) is 22.3 Å². The third-order valence-corrected chi connectivity index (χ3v) is 14.5. The standard InChI is InChI=1S/C65H43N3/c1-5-23-45(24-6-1)66(46-25-7-2-8-26-46)61-42-44-22-13-14-31-50(44)64-63(61)53-34-16-19-36-56(53)65(64)55-35-18-15-33-52(55)62-57(65)37-21-39-60(62)67(47-27-9-3-10-28-47)49-40-41-59-54(43-49)51-32-17-20-38-58(51)68(59)48-29-11-4-12-30-48/h1-43H. The van der Waals surface area contributed by atoms with E-state index < -0.39 is 5.41 Å². The molecule has 0 N–H and O–H groups in total. The van der Waals surface area contributed by atoms with E-state index in [1.807, 2.05) is 0 Å². The van der Waals surface area contributed by atoms with Gasteiger partial charge in [0.05, 0.1) is 27.8 Å². The second-order valence-electron chi connectivity index (χ2n) is 18.0. The van der Waals surface area contributed by atoms with Gasteiger partial charge in [0.25, 0.3) is 0 Å². The van der Waals surface area contributed by atoms with Crippen LogP contribution >= 0.6 is 0 Å². The molecule has 3 heteroatoms. The Bertz CT molecular complexity index is 3870. The van der Waals surface area contributed by atoms with Crippen molar-refractivity contribution in [2.24, 2.45) is 0 Å². The first-order valence-electron chi connectivity index (χ1n) is 23.5. The van der Waals surface area contributed by atoms with Crippen LogP contribution in [0.3, 0.4) is 0 Å². The first-order valence-corrected chi connectivity index (χ1v) is 23.5. The maximum absolute atomic E-state index is 2.49. The summed E-state index contributed by atoms with van der Waals surface area (Å²) in [6, 6.07) is 96.1. The van der Waals surface area contributed by atoms with Gasteiger partial charge in [-0.05, 0) is 129 Å². The Hall–Kier alpha value is -8.92. The van der Waals surface area contributed by atoms with Gasteiger partial charge in [-0.1, -0.05) is 176 Å². The molecule has 2 aliphatic carbocycles. The lowest BCUT2D eigenvalue weighted by molar-refractivity contribution is 0.801. The number of hydrogen-bond donors (Lipinski definition) is 0. The number of hydrogen-bond acceptors (Lipinski definition) is 2. The van der Waals surface area contributed by atoms with Crippen LogP contribution in [-0.4, -0.2) is 4.57 Å². The lowest BCUT2D eigenvalue weighted by atomic mass is 9.69. The topological polar surface area (TPSA) is 11.4 Å². The van der Waals surface area contributed by atoms with E-state index in [1.165, 1.54) is 77.1 Å². The fourth-order valence-electron chi connectivity index (χ4n) is 11.9. The molecule has 2 aliphatic rings. The van der Waals surface area contributed by atoms with Gasteiger partial charge in [-0.15, -0.1) is 0 Å². The second-order valence-corrected chi connectivity index (χ2v) is 18.0. The molecule has 0 radical (unpaired) electrons. The molecule has 1 spiro atoms. The van der Waals surface area contributed by atoms with Gasteiger partial charge >= 0.3 is 0 Å². The van der Waals surface area contributed by atoms with Crippen LogP contribution in [0.5, 0.6) is 0 Å². The van der Waals surface area contributed by atoms with E-state index in [0.29, 0.717) is 0 Å². The van der Waals surface area contributed by atoms with Crippen LogP contribution in [0.25, 0.3) is 60.5 Å². The molecule has 0 amide bonds. The summed E-state index contributed by atoms with van der Waals surface area (Å²) in [7, 11) is 0. The molecule has 68 heavy (non-hydrogen) atoms. The van der Waals surface area contributed by atoms with Gasteiger partial charge in [-0.3, -0.25) is 0 Å². The number of fused-ring (bicyclic) bond motifs is 15. The molecule has 1 aromatic heterocycles. The van der Waals surface area contributed by atoms with E-state index in [-0.39, 0.29) is 0 Å². The molecule has 1 heterocycles. The van der Waals surface area contributed by atoms with Crippen LogP contribution in [0.15, 0.2) is 261 Å². The highest BCUT2D eigenvalue weighted by Gasteiger charge is 2.54. The fourth-order valence-corrected chi connectivity index (χ4v) is 11.9. The molecule has 0 aliphatic heterocycles. The smallest absolute Gasteiger partial charge is 0.0733 e. The highest BCUT2D eigenvalue weighted by atomic mass is 15.2. The third kappa shape index (κ3) is 5.41. The molecule has 3 nitrogen and oxygen atoms in total. The summed E-state index contributed by atoms with van der Waals surface area (Å²) in [5.74, 6) is 0. The zero-order valence-electron chi connectivity index (χ0n) is 37.2. The molecular weight excluding hydrogens is 823 g/mol. The Kier molecular flexibility index (Phi) is 8.50. The minimum atomic E-state index is -0.627. The van der Waals surface area contributed by atoms with Gasteiger partial charge in [0.15, 0.2) is 0 Å². The highest BCUT2D eigenvalue weighted by Crippen LogP contribution is 2.67. The average molecular weight is 866 g/mol. The minimum absolute atomic E-state index is 0.627. The zero-order valence-corrected chi connectivity index (χ0v) is 37.2. The number of nitrogens with zero attached hydrogens (tertiary/aromatic N) is 3. The highest BCUT2D eigenvalue weighted by molar-refractivity contribution is 6.13. The van der Waals surface area contributed by atoms with E-state index in [9.17, 15) is 0 Å². The molecule has 11 aromatic carbocycles. The van der Waals surface area contributed by atoms with Crippen molar-refractivity contribution in [1.29, 1.82) is 0 Å². The van der Waals surface area contributed by atoms with Crippen LogP contribution in [0.2, 0.25) is 0 Å². The molecule has 0 saturated carbocycles. The number of rotatable bonds is 7. The van der Waals surface area contributed by atoms with E-state index in [1.54, 1.807) is 0 Å². The molecule has 1 atom stereocenters. The van der Waals surface area contributed by atoms with Crippen molar-refractivity contribution in [3.63, 3.8) is 0 Å². The predicted molar refractivity (Wildman–Crippen MR) is 284 cm³/mol. The van der Waals surface area contributed by atoms with Gasteiger partial charge < -0.3 is 14.4 Å². The quantitative estimate of drug-likeness (QED) is 0.158. The maximum atomic E-state index is 2.49. The minimum Gasteiger partial charge on any atom is -0.310 e. The molecule has 0 fully saturated rings. The molecule has 0 bridgehead atoms. The summed E-state index contributed by atoms with van der Waals surface area (Å²) >= 11 is 0. The van der Waals surface area contributed by atoms with Crippen molar-refractivity contribution in [2.45, 2.75) is 5.41 Å². The Morgan fingerprint density at radius 3 is 1.47 bits per heavy atom. The summed E-state index contributed by atoms with van der Waals surface area (Å²) in [5, 5.41) is 4.91. The van der Waals surface area contributed by atoms with E-state index >= 15 is 0 Å². The summed E-state index contributed by atoms with van der Waals surface area (Å²) in [6.07, 6.45) is 0. The SMILES string of the molecule is c1ccc(N(c2ccc3c(c2)c2ccccc2n3-c2ccccc2)c2cccc3c2-c2ccccc2C32c3ccccc3-c3c(N(c4ccccc4)c4ccccc4)cc4ccccc4c32)cc1. The zero-order chi connectivity index (χ0) is 44.8. The number of benzene rings is 11. The van der Waals surface area contributed by atoms with E-state index in [2.05, 4.69) is 275 Å². The molecular formula is C65H43N3. The van der Waals surface area contributed by atoms with Crippen LogP contribution in [-0.2, 0) is 5.41 Å². The van der Waals surface area contributed by atoms with Gasteiger partial charge in [0, 0.05) is 50.3 Å². The molecule has 318 valence electrons. The van der Waals surface area contributed by atoms with Crippen molar-refractivity contribution >= 4 is 66.7 Å². The van der Waals surface area contributed by atoms with E-state index in [0.717, 1.165) is 39.8 Å². The van der Waals surface area contributed by atoms with E-state index in [4.69, 9.17) is 0 Å². The summed E-state index contributed by atoms with van der Waals surface area (Å²) < 4.78 is 2.39. The normalized spacial score (nSPS) is 14.2. The summed E-state index contributed by atoms with van der Waals surface area (Å²) in [5.41, 5.74) is 19.9. The molecule has 14 rings (SSSR count). The monoisotopic (exact) mass is 865 g/mol. The Balaban J connectivity index is 1.07. The fraction of sp³-hybridized carbons (Fsp3) is 0.0154. The lowest BCUT2D eigenvalue weighted by Gasteiger charge is -2.33. The van der Waals surface area contributed by atoms with Crippen molar-refractivity contribution in [2.75, 3.05) is 9.80 Å². The lowest BCUT2D eigenvalue weighted by Crippen LogP contribution is -2.26. The molecule has 12 aromatic rings. The average Bonchev–Trinajstić information content (AvgIpc) is 4.02. The predicted octanol–water partition coefficient (Wildman–Crippen LogP) is 17.2. The van der Waals surface area contributed by atoms with Gasteiger partial charge in [-0.2, -0.15) is 0 Å². The Morgan fingerprint density at radius 2 is 0.809 bits per heavy atom. The van der Waals surface area contributed by atoms with Crippen molar-refractivity contribution < 1.29 is 0 Å². The van der Waals surface area contributed by atoms with Gasteiger partial charge in [-0.25, -0.2) is 0 Å². The third-order valence-electron chi connectivity index (χ3n) is 14.5. The Labute approximate surface area is 395 Å². The van der Waals surface area contributed by atoms with Crippen molar-refractivity contribution in [3.05, 3.63) is 283 Å². The first-order chi connectivity index (χ1) is 33.8. The van der Waals surface area contributed by atoms with Crippen LogP contribution in [0, 0.1) is 0 Å². The molecule has 1 unspecified atom stereocenters. The number of anilines is 6. The number of aromatic nitrogens is 1. The van der Waals surface area contributed by atoms with Crippen LogP contribution < -0.4 is 9.80 Å². The first kappa shape index (κ1) is 38.4. The Morgan fingerprint density at radius 1 is 0.309 bits per heavy atom. The maximum Gasteiger partial charge on any atom is 0.0733 e. The number of para-hydroxylation sites is 5. The molecule has 0 saturated heterocycles.